The second kappa shape index (κ2) is 8.92. The molecule has 6 rings (SSSR count). The smallest absolute Gasteiger partial charge is 0.311 e. The molecular formula is C28H21N3O3S. The highest BCUT2D eigenvalue weighted by molar-refractivity contribution is 8.18. The molecule has 4 aromatic rings. The number of methoxy groups -OCH3 is 1. The lowest BCUT2D eigenvalue weighted by molar-refractivity contribution is 0.267. The number of carbonyl (C=O) groups is 1. The number of amides is 1. The van der Waals surface area contributed by atoms with Crippen LogP contribution in [0.2, 0.25) is 0 Å². The number of nitrogens with zero attached hydrogens (tertiary/aromatic N) is 3. The van der Waals surface area contributed by atoms with Crippen molar-refractivity contribution in [3.05, 3.63) is 107 Å². The van der Waals surface area contributed by atoms with Crippen LogP contribution in [0.3, 0.4) is 0 Å². The Kier molecular flexibility index (Phi) is 5.47. The second-order valence-electron chi connectivity index (χ2n) is 8.27. The predicted molar refractivity (Wildman–Crippen MR) is 140 cm³/mol. The molecule has 1 unspecified atom stereocenters. The molecular weight excluding hydrogens is 458 g/mol. The van der Waals surface area contributed by atoms with Crippen molar-refractivity contribution in [2.75, 3.05) is 7.11 Å². The normalized spacial score (nSPS) is 18.9. The first-order valence-corrected chi connectivity index (χ1v) is 12.1. The number of rotatable bonds is 4. The van der Waals surface area contributed by atoms with Crippen LogP contribution >= 0.6 is 11.8 Å². The molecule has 0 aliphatic carbocycles. The molecule has 0 bridgehead atoms. The lowest BCUT2D eigenvalue weighted by Gasteiger charge is -2.24. The maximum absolute atomic E-state index is 12.4. The minimum Gasteiger partial charge on any atom is -0.497 e. The first-order valence-electron chi connectivity index (χ1n) is 11.2. The van der Waals surface area contributed by atoms with Crippen LogP contribution in [0.5, 0.6) is 5.75 Å². The number of hydrazone groups is 1. The molecule has 7 heteroatoms. The van der Waals surface area contributed by atoms with E-state index in [1.54, 1.807) is 13.4 Å². The number of ether oxygens (including phenoxy) is 1. The van der Waals surface area contributed by atoms with Crippen LogP contribution in [0.1, 0.15) is 29.3 Å². The van der Waals surface area contributed by atoms with Gasteiger partial charge >= 0.3 is 5.24 Å². The first-order chi connectivity index (χ1) is 17.2. The molecule has 3 aromatic carbocycles. The van der Waals surface area contributed by atoms with Crippen molar-refractivity contribution in [3.8, 4) is 5.75 Å². The Morgan fingerprint density at radius 3 is 2.63 bits per heavy atom. The zero-order valence-electron chi connectivity index (χ0n) is 18.9. The van der Waals surface area contributed by atoms with Crippen LogP contribution in [0.15, 0.2) is 105 Å². The van der Waals surface area contributed by atoms with Crippen LogP contribution in [-0.2, 0) is 0 Å². The Morgan fingerprint density at radius 1 is 1.03 bits per heavy atom. The summed E-state index contributed by atoms with van der Waals surface area (Å²) in [4.78, 5) is 17.4. The SMILES string of the molecule is COc1ccc(C2CC(c3ccc4ccccc4c3)=NN2C2=NC(=O)S/C2=C\c2ccco2)cc1. The third-order valence-corrected chi connectivity index (χ3v) is 6.93. The molecule has 0 radical (unpaired) electrons. The summed E-state index contributed by atoms with van der Waals surface area (Å²) in [5.74, 6) is 1.98. The van der Waals surface area contributed by atoms with Gasteiger partial charge in [0.15, 0.2) is 5.84 Å². The minimum atomic E-state index is -0.263. The number of thioether (sulfide) groups is 1. The third-order valence-electron chi connectivity index (χ3n) is 6.14. The van der Waals surface area contributed by atoms with E-state index in [2.05, 4.69) is 35.3 Å². The molecule has 2 aliphatic rings. The number of hydrogen-bond acceptors (Lipinski definition) is 6. The van der Waals surface area contributed by atoms with Gasteiger partial charge in [0.1, 0.15) is 11.5 Å². The van der Waals surface area contributed by atoms with Crippen LogP contribution in [0.25, 0.3) is 16.8 Å². The van der Waals surface area contributed by atoms with Gasteiger partial charge in [-0.15, -0.1) is 0 Å². The average molecular weight is 480 g/mol. The summed E-state index contributed by atoms with van der Waals surface area (Å²) >= 11 is 1.09. The number of hydrogen-bond donors (Lipinski definition) is 0. The highest BCUT2D eigenvalue weighted by Crippen LogP contribution is 2.40. The molecule has 172 valence electrons. The van der Waals surface area contributed by atoms with E-state index in [4.69, 9.17) is 14.3 Å². The van der Waals surface area contributed by atoms with Gasteiger partial charge in [0.05, 0.1) is 30.0 Å². The first kappa shape index (κ1) is 21.4. The number of aliphatic imine (C=N–C) groups is 1. The van der Waals surface area contributed by atoms with Gasteiger partial charge in [-0.2, -0.15) is 10.1 Å². The molecule has 3 heterocycles. The van der Waals surface area contributed by atoms with Crippen molar-refractivity contribution in [1.82, 2.24) is 5.01 Å². The number of benzene rings is 3. The van der Waals surface area contributed by atoms with E-state index in [0.717, 1.165) is 39.7 Å². The molecule has 0 fully saturated rings. The van der Waals surface area contributed by atoms with Crippen LogP contribution in [0.4, 0.5) is 4.79 Å². The molecule has 0 spiro atoms. The predicted octanol–water partition coefficient (Wildman–Crippen LogP) is 6.90. The fraction of sp³-hybridized carbons (Fsp3) is 0.107. The Balaban J connectivity index is 1.43. The number of fused-ring (bicyclic) bond motifs is 1. The second-order valence-corrected chi connectivity index (χ2v) is 9.27. The van der Waals surface area contributed by atoms with E-state index in [-0.39, 0.29) is 11.3 Å². The van der Waals surface area contributed by atoms with Gasteiger partial charge in [0.2, 0.25) is 0 Å². The van der Waals surface area contributed by atoms with E-state index in [9.17, 15) is 4.79 Å². The fourth-order valence-corrected chi connectivity index (χ4v) is 5.13. The molecule has 6 nitrogen and oxygen atoms in total. The zero-order chi connectivity index (χ0) is 23.8. The Labute approximate surface area is 206 Å². The minimum absolute atomic E-state index is 0.118. The molecule has 35 heavy (non-hydrogen) atoms. The number of furan rings is 1. The molecule has 1 aromatic heterocycles. The van der Waals surface area contributed by atoms with Crippen LogP contribution < -0.4 is 4.74 Å². The third kappa shape index (κ3) is 4.15. The number of carbonyl (C=O) groups excluding carboxylic acids is 1. The average Bonchev–Trinajstić information content (AvgIpc) is 3.64. The Bertz CT molecular complexity index is 1500. The van der Waals surface area contributed by atoms with Crippen molar-refractivity contribution in [2.45, 2.75) is 12.5 Å². The summed E-state index contributed by atoms with van der Waals surface area (Å²) in [7, 11) is 1.65. The van der Waals surface area contributed by atoms with Crippen molar-refractivity contribution in [2.24, 2.45) is 10.1 Å². The molecule has 2 aliphatic heterocycles. The Hall–Kier alpha value is -4.10. The van der Waals surface area contributed by atoms with Gasteiger partial charge in [-0.25, -0.2) is 5.01 Å². The lowest BCUT2D eigenvalue weighted by atomic mass is 9.97. The number of amidine groups is 1. The topological polar surface area (TPSA) is 67.4 Å². The molecule has 0 N–H and O–H groups in total. The largest absolute Gasteiger partial charge is 0.497 e. The van der Waals surface area contributed by atoms with Crippen molar-refractivity contribution in [3.63, 3.8) is 0 Å². The summed E-state index contributed by atoms with van der Waals surface area (Å²) < 4.78 is 10.8. The van der Waals surface area contributed by atoms with Gasteiger partial charge in [-0.1, -0.05) is 48.5 Å². The van der Waals surface area contributed by atoms with Crippen molar-refractivity contribution >= 4 is 45.4 Å². The van der Waals surface area contributed by atoms with Crippen molar-refractivity contribution in [1.29, 1.82) is 0 Å². The highest BCUT2D eigenvalue weighted by Gasteiger charge is 2.37. The fourth-order valence-electron chi connectivity index (χ4n) is 4.40. The maximum Gasteiger partial charge on any atom is 0.311 e. The lowest BCUT2D eigenvalue weighted by Crippen LogP contribution is -2.26. The highest BCUT2D eigenvalue weighted by atomic mass is 32.2. The summed E-state index contributed by atoms with van der Waals surface area (Å²) in [5.41, 5.74) is 3.06. The molecule has 0 saturated heterocycles. The van der Waals surface area contributed by atoms with Gasteiger partial charge in [-0.05, 0) is 70.1 Å². The van der Waals surface area contributed by atoms with E-state index in [0.29, 0.717) is 22.9 Å². The summed E-state index contributed by atoms with van der Waals surface area (Å²) in [5, 5.41) is 8.97. The monoisotopic (exact) mass is 479 g/mol. The molecule has 1 amide bonds. The van der Waals surface area contributed by atoms with Gasteiger partial charge < -0.3 is 9.15 Å². The van der Waals surface area contributed by atoms with Crippen molar-refractivity contribution < 1.29 is 13.9 Å². The quantitative estimate of drug-likeness (QED) is 0.318. The van der Waals surface area contributed by atoms with E-state index < -0.39 is 0 Å². The van der Waals surface area contributed by atoms with E-state index in [1.165, 1.54) is 5.39 Å². The molecule has 1 atom stereocenters. The summed E-state index contributed by atoms with van der Waals surface area (Å²) in [6.45, 7) is 0. The van der Waals surface area contributed by atoms with Gasteiger partial charge in [-0.3, -0.25) is 4.79 Å². The van der Waals surface area contributed by atoms with E-state index >= 15 is 0 Å². The van der Waals surface area contributed by atoms with Gasteiger partial charge in [0, 0.05) is 6.42 Å². The zero-order valence-corrected chi connectivity index (χ0v) is 19.7. The van der Waals surface area contributed by atoms with Gasteiger partial charge in [0.25, 0.3) is 0 Å². The van der Waals surface area contributed by atoms with Crippen LogP contribution in [0, 0.1) is 0 Å². The maximum atomic E-state index is 12.4. The Morgan fingerprint density at radius 2 is 1.86 bits per heavy atom. The van der Waals surface area contributed by atoms with E-state index in [1.807, 2.05) is 59.6 Å². The van der Waals surface area contributed by atoms with Crippen LogP contribution in [-0.4, -0.2) is 28.9 Å². The standard InChI is InChI=1S/C28H21N3O3S/c1-33-22-12-10-19(11-13-22)25-17-24(21-9-8-18-5-2-3-6-20(18)15-21)30-31(25)27-26(35-28(32)29-27)16-23-7-4-14-34-23/h2-16,25H,17H2,1H3/b26-16-. The summed E-state index contributed by atoms with van der Waals surface area (Å²) in [6, 6.07) is 26.2. The summed E-state index contributed by atoms with van der Waals surface area (Å²) in [6.07, 6.45) is 4.12. The molecule has 0 saturated carbocycles.